The largest absolute Gasteiger partial charge is 0.481 e. The molecule has 22 heavy (non-hydrogen) atoms. The summed E-state index contributed by atoms with van der Waals surface area (Å²) in [4.78, 5) is 24.5. The molecule has 5 nitrogen and oxygen atoms in total. The number of rotatable bonds is 7. The monoisotopic (exact) mass is 323 g/mol. The first-order chi connectivity index (χ1) is 10.6. The third kappa shape index (κ3) is 4.74. The molecular weight excluding hydrogens is 302 g/mol. The summed E-state index contributed by atoms with van der Waals surface area (Å²) >= 11 is 1.12. The maximum absolute atomic E-state index is 12.2. The lowest BCUT2D eigenvalue weighted by molar-refractivity contribution is -0.133. The van der Waals surface area contributed by atoms with E-state index in [0.29, 0.717) is 13.0 Å². The summed E-state index contributed by atoms with van der Waals surface area (Å²) in [6, 6.07) is 9.48. The summed E-state index contributed by atoms with van der Waals surface area (Å²) in [5.74, 6) is -0.814. The fourth-order valence-electron chi connectivity index (χ4n) is 2.79. The summed E-state index contributed by atoms with van der Waals surface area (Å²) in [6.07, 6.45) is 1.77. The maximum Gasteiger partial charge on any atom is 0.313 e. The molecular formula is C16H21NO4S. The molecule has 2 rings (SSSR count). The van der Waals surface area contributed by atoms with Crippen molar-refractivity contribution < 1.29 is 19.8 Å². The normalized spacial score (nSPS) is 19.1. The standard InChI is InChI=1S/C16H21NO4S/c18-14(12-5-2-1-3-6-12)9-13-7-4-8-17(13)15(19)10-22-11-16(20)21/h1-3,5-6,13-14,18H,4,7-11H2,(H,20,21). The van der Waals surface area contributed by atoms with Gasteiger partial charge in [0.1, 0.15) is 0 Å². The minimum absolute atomic E-state index is 0.0333. The summed E-state index contributed by atoms with van der Waals surface area (Å²) in [7, 11) is 0. The fourth-order valence-corrected chi connectivity index (χ4v) is 3.40. The van der Waals surface area contributed by atoms with Crippen molar-refractivity contribution in [2.45, 2.75) is 31.4 Å². The number of aliphatic hydroxyl groups excluding tert-OH is 1. The van der Waals surface area contributed by atoms with Gasteiger partial charge in [0, 0.05) is 12.6 Å². The number of carbonyl (C=O) groups is 2. The first kappa shape index (κ1) is 16.8. The van der Waals surface area contributed by atoms with E-state index in [4.69, 9.17) is 5.11 Å². The van der Waals surface area contributed by atoms with E-state index in [1.807, 2.05) is 30.3 Å². The van der Waals surface area contributed by atoms with E-state index in [-0.39, 0.29) is 23.5 Å². The van der Waals surface area contributed by atoms with Crippen molar-refractivity contribution in [2.75, 3.05) is 18.1 Å². The number of amides is 1. The molecule has 0 bridgehead atoms. The van der Waals surface area contributed by atoms with Crippen LogP contribution in [0.5, 0.6) is 0 Å². The maximum atomic E-state index is 12.2. The van der Waals surface area contributed by atoms with Crippen LogP contribution in [-0.4, -0.2) is 51.1 Å². The topological polar surface area (TPSA) is 77.8 Å². The van der Waals surface area contributed by atoms with Crippen LogP contribution < -0.4 is 0 Å². The average molecular weight is 323 g/mol. The van der Waals surface area contributed by atoms with E-state index >= 15 is 0 Å². The van der Waals surface area contributed by atoms with E-state index in [1.54, 1.807) is 4.90 Å². The number of carboxylic acid groups (broad SMARTS) is 1. The Morgan fingerprint density at radius 3 is 2.68 bits per heavy atom. The Balaban J connectivity index is 1.87. The number of benzene rings is 1. The van der Waals surface area contributed by atoms with E-state index < -0.39 is 12.1 Å². The number of carboxylic acids is 1. The molecule has 0 radical (unpaired) electrons. The highest BCUT2D eigenvalue weighted by Gasteiger charge is 2.30. The Kier molecular flexibility index (Phi) is 6.27. The van der Waals surface area contributed by atoms with Gasteiger partial charge in [0.15, 0.2) is 0 Å². The second-order valence-electron chi connectivity index (χ2n) is 5.43. The Morgan fingerprint density at radius 2 is 2.00 bits per heavy atom. The lowest BCUT2D eigenvalue weighted by atomic mass is 10.0. The van der Waals surface area contributed by atoms with Gasteiger partial charge in [-0.15, -0.1) is 11.8 Å². The second-order valence-corrected chi connectivity index (χ2v) is 6.42. The average Bonchev–Trinajstić information content (AvgIpc) is 2.96. The van der Waals surface area contributed by atoms with E-state index in [9.17, 15) is 14.7 Å². The van der Waals surface area contributed by atoms with Crippen LogP contribution in [0, 0.1) is 0 Å². The van der Waals surface area contributed by atoms with Crippen LogP contribution in [-0.2, 0) is 9.59 Å². The highest BCUT2D eigenvalue weighted by molar-refractivity contribution is 8.00. The molecule has 0 aromatic heterocycles. The summed E-state index contributed by atoms with van der Waals surface area (Å²) < 4.78 is 0. The molecule has 2 atom stereocenters. The zero-order chi connectivity index (χ0) is 15.9. The van der Waals surface area contributed by atoms with Gasteiger partial charge in [-0.3, -0.25) is 9.59 Å². The van der Waals surface area contributed by atoms with Crippen LogP contribution in [0.4, 0.5) is 0 Å². The number of nitrogens with zero attached hydrogens (tertiary/aromatic N) is 1. The number of aliphatic carboxylic acids is 1. The minimum Gasteiger partial charge on any atom is -0.481 e. The highest BCUT2D eigenvalue weighted by atomic mass is 32.2. The Hall–Kier alpha value is -1.53. The zero-order valence-corrected chi connectivity index (χ0v) is 13.2. The molecule has 1 aliphatic heterocycles. The van der Waals surface area contributed by atoms with Gasteiger partial charge in [0.2, 0.25) is 5.91 Å². The van der Waals surface area contributed by atoms with Crippen molar-refractivity contribution in [2.24, 2.45) is 0 Å². The van der Waals surface area contributed by atoms with Crippen LogP contribution in [0.15, 0.2) is 30.3 Å². The minimum atomic E-state index is -0.907. The SMILES string of the molecule is O=C(O)CSCC(=O)N1CCCC1CC(O)c1ccccc1. The molecule has 1 fully saturated rings. The van der Waals surface area contributed by atoms with Gasteiger partial charge in [-0.05, 0) is 24.8 Å². The summed E-state index contributed by atoms with van der Waals surface area (Å²) in [5.41, 5.74) is 0.863. The van der Waals surface area contributed by atoms with Crippen molar-refractivity contribution in [1.82, 2.24) is 4.90 Å². The molecule has 0 aliphatic carbocycles. The molecule has 120 valence electrons. The van der Waals surface area contributed by atoms with Crippen molar-refractivity contribution in [1.29, 1.82) is 0 Å². The van der Waals surface area contributed by atoms with Crippen molar-refractivity contribution in [3.63, 3.8) is 0 Å². The molecule has 2 unspecified atom stereocenters. The smallest absolute Gasteiger partial charge is 0.313 e. The van der Waals surface area contributed by atoms with E-state index in [0.717, 1.165) is 30.2 Å². The molecule has 1 aromatic carbocycles. The molecule has 1 heterocycles. The predicted molar refractivity (Wildman–Crippen MR) is 85.7 cm³/mol. The lowest BCUT2D eigenvalue weighted by Crippen LogP contribution is -2.37. The summed E-state index contributed by atoms with van der Waals surface area (Å²) in [5, 5.41) is 18.9. The number of hydrogen-bond donors (Lipinski definition) is 2. The molecule has 1 aromatic rings. The Morgan fingerprint density at radius 1 is 1.27 bits per heavy atom. The highest BCUT2D eigenvalue weighted by Crippen LogP contribution is 2.27. The number of likely N-dealkylation sites (tertiary alicyclic amines) is 1. The third-order valence-electron chi connectivity index (χ3n) is 3.83. The van der Waals surface area contributed by atoms with Gasteiger partial charge in [-0.1, -0.05) is 30.3 Å². The molecule has 0 saturated carbocycles. The van der Waals surface area contributed by atoms with Gasteiger partial charge in [-0.25, -0.2) is 0 Å². The van der Waals surface area contributed by atoms with Crippen LogP contribution >= 0.6 is 11.8 Å². The van der Waals surface area contributed by atoms with Crippen LogP contribution in [0.1, 0.15) is 30.9 Å². The quantitative estimate of drug-likeness (QED) is 0.801. The number of hydrogen-bond acceptors (Lipinski definition) is 4. The Bertz CT molecular complexity index is 508. The fraction of sp³-hybridized carbons (Fsp3) is 0.500. The van der Waals surface area contributed by atoms with Gasteiger partial charge in [-0.2, -0.15) is 0 Å². The first-order valence-corrected chi connectivity index (χ1v) is 8.55. The van der Waals surface area contributed by atoms with Crippen LogP contribution in [0.25, 0.3) is 0 Å². The number of carbonyl (C=O) groups excluding carboxylic acids is 1. The molecule has 1 amide bonds. The van der Waals surface area contributed by atoms with Gasteiger partial charge in [0.25, 0.3) is 0 Å². The predicted octanol–water partition coefficient (Wildman–Crippen LogP) is 1.92. The molecule has 0 spiro atoms. The van der Waals surface area contributed by atoms with Gasteiger partial charge < -0.3 is 15.1 Å². The number of thioether (sulfide) groups is 1. The summed E-state index contributed by atoms with van der Waals surface area (Å²) in [6.45, 7) is 0.693. The molecule has 1 aliphatic rings. The van der Waals surface area contributed by atoms with Gasteiger partial charge >= 0.3 is 5.97 Å². The van der Waals surface area contributed by atoms with Crippen molar-refractivity contribution in [3.8, 4) is 0 Å². The zero-order valence-electron chi connectivity index (χ0n) is 12.4. The van der Waals surface area contributed by atoms with E-state index in [1.165, 1.54) is 0 Å². The lowest BCUT2D eigenvalue weighted by Gasteiger charge is -2.26. The Labute approximate surface area is 134 Å². The third-order valence-corrected chi connectivity index (χ3v) is 4.73. The second kappa shape index (κ2) is 8.19. The van der Waals surface area contributed by atoms with Crippen molar-refractivity contribution in [3.05, 3.63) is 35.9 Å². The number of aliphatic hydroxyl groups is 1. The molecule has 2 N–H and O–H groups in total. The van der Waals surface area contributed by atoms with Gasteiger partial charge in [0.05, 0.1) is 17.6 Å². The molecule has 6 heteroatoms. The van der Waals surface area contributed by atoms with E-state index in [2.05, 4.69) is 0 Å². The first-order valence-electron chi connectivity index (χ1n) is 7.40. The van der Waals surface area contributed by atoms with Crippen molar-refractivity contribution >= 4 is 23.6 Å². The molecule has 1 saturated heterocycles. The van der Waals surface area contributed by atoms with Crippen LogP contribution in [0.3, 0.4) is 0 Å². The van der Waals surface area contributed by atoms with Crippen LogP contribution in [0.2, 0.25) is 0 Å².